The van der Waals surface area contributed by atoms with Gasteiger partial charge >= 0.3 is 0 Å². The Morgan fingerprint density at radius 3 is 2.09 bits per heavy atom. The largest absolute Gasteiger partial charge is 0.358 e. The number of hydrogen-bond acceptors (Lipinski definition) is 3. The van der Waals surface area contributed by atoms with E-state index >= 15 is 0 Å². The zero-order valence-corrected chi connectivity index (χ0v) is 14.5. The standard InChI is InChI=1S/C17H21N3O.2ClH/c18-11-12-19-17(21)14-20(16-9-5-2-6-10-16)13-15-7-3-1-4-8-15;;/h1-10H,11-14,18H2,(H,19,21);2*1H. The van der Waals surface area contributed by atoms with E-state index in [0.29, 0.717) is 26.2 Å². The molecule has 0 radical (unpaired) electrons. The summed E-state index contributed by atoms with van der Waals surface area (Å²) in [6.45, 7) is 1.97. The Hall–Kier alpha value is -1.75. The third-order valence-corrected chi connectivity index (χ3v) is 3.14. The molecule has 0 saturated heterocycles. The summed E-state index contributed by atoms with van der Waals surface area (Å²) in [5.74, 6) is -0.0137. The molecule has 0 fully saturated rings. The Bertz CT molecular complexity index is 552. The van der Waals surface area contributed by atoms with E-state index in [-0.39, 0.29) is 30.7 Å². The monoisotopic (exact) mass is 355 g/mol. The fourth-order valence-electron chi connectivity index (χ4n) is 2.12. The van der Waals surface area contributed by atoms with Gasteiger partial charge in [-0.25, -0.2) is 0 Å². The second-order valence-electron chi connectivity index (χ2n) is 4.82. The van der Waals surface area contributed by atoms with Crippen molar-refractivity contribution in [3.63, 3.8) is 0 Å². The highest BCUT2D eigenvalue weighted by Crippen LogP contribution is 2.16. The lowest BCUT2D eigenvalue weighted by atomic mass is 10.2. The zero-order chi connectivity index (χ0) is 14.9. The fraction of sp³-hybridized carbons (Fsp3) is 0.235. The van der Waals surface area contributed by atoms with Crippen LogP contribution in [0.5, 0.6) is 0 Å². The van der Waals surface area contributed by atoms with E-state index in [9.17, 15) is 4.79 Å². The van der Waals surface area contributed by atoms with Crippen LogP contribution in [0.25, 0.3) is 0 Å². The van der Waals surface area contributed by atoms with Crippen molar-refractivity contribution in [2.75, 3.05) is 24.5 Å². The number of nitrogens with two attached hydrogens (primary N) is 1. The Balaban J connectivity index is 0.00000242. The van der Waals surface area contributed by atoms with Gasteiger partial charge < -0.3 is 16.0 Å². The first-order valence-electron chi connectivity index (χ1n) is 7.10. The summed E-state index contributed by atoms with van der Waals surface area (Å²) >= 11 is 0. The van der Waals surface area contributed by atoms with Gasteiger partial charge in [-0.1, -0.05) is 48.5 Å². The van der Waals surface area contributed by atoms with Crippen LogP contribution in [0.3, 0.4) is 0 Å². The van der Waals surface area contributed by atoms with Crippen molar-refractivity contribution < 1.29 is 4.79 Å². The number of amides is 1. The number of carbonyl (C=O) groups is 1. The van der Waals surface area contributed by atoms with Gasteiger partial charge in [0.25, 0.3) is 0 Å². The molecular formula is C17H23Cl2N3O. The minimum absolute atomic E-state index is 0. The predicted molar refractivity (Wildman–Crippen MR) is 100 cm³/mol. The van der Waals surface area contributed by atoms with Crippen LogP contribution in [-0.4, -0.2) is 25.5 Å². The summed E-state index contributed by atoms with van der Waals surface area (Å²) in [7, 11) is 0. The molecule has 0 aliphatic carbocycles. The molecule has 2 aromatic carbocycles. The van der Waals surface area contributed by atoms with Crippen molar-refractivity contribution in [2.24, 2.45) is 5.73 Å². The van der Waals surface area contributed by atoms with E-state index in [4.69, 9.17) is 5.73 Å². The van der Waals surface area contributed by atoms with Crippen molar-refractivity contribution in [3.05, 3.63) is 66.2 Å². The molecule has 0 aliphatic rings. The number of carbonyl (C=O) groups excluding carboxylic acids is 1. The molecule has 6 heteroatoms. The summed E-state index contributed by atoms with van der Waals surface area (Å²) in [5, 5.41) is 2.81. The highest BCUT2D eigenvalue weighted by molar-refractivity contribution is 5.85. The molecule has 0 heterocycles. The average molecular weight is 356 g/mol. The van der Waals surface area contributed by atoms with E-state index < -0.39 is 0 Å². The molecule has 0 bridgehead atoms. The number of anilines is 1. The smallest absolute Gasteiger partial charge is 0.239 e. The van der Waals surface area contributed by atoms with Crippen LogP contribution in [0.2, 0.25) is 0 Å². The van der Waals surface area contributed by atoms with Crippen molar-refractivity contribution >= 4 is 36.4 Å². The van der Waals surface area contributed by atoms with Crippen LogP contribution in [0, 0.1) is 0 Å². The number of halogens is 2. The molecule has 0 aromatic heterocycles. The maximum Gasteiger partial charge on any atom is 0.239 e. The lowest BCUT2D eigenvalue weighted by molar-refractivity contribution is -0.119. The Labute approximate surface area is 149 Å². The van der Waals surface area contributed by atoms with Gasteiger partial charge in [0.15, 0.2) is 0 Å². The normalized spacial score (nSPS) is 9.26. The summed E-state index contributed by atoms with van der Waals surface area (Å²) in [5.41, 5.74) is 7.62. The van der Waals surface area contributed by atoms with Gasteiger partial charge in [-0.2, -0.15) is 0 Å². The topological polar surface area (TPSA) is 58.4 Å². The molecule has 0 unspecified atom stereocenters. The van der Waals surface area contributed by atoms with Crippen molar-refractivity contribution in [1.82, 2.24) is 5.32 Å². The zero-order valence-electron chi connectivity index (χ0n) is 12.9. The summed E-state index contributed by atoms with van der Waals surface area (Å²) in [6, 6.07) is 20.1. The van der Waals surface area contributed by atoms with Crippen LogP contribution >= 0.6 is 24.8 Å². The summed E-state index contributed by atoms with van der Waals surface area (Å²) < 4.78 is 0. The minimum atomic E-state index is -0.0137. The molecular weight excluding hydrogens is 333 g/mol. The van der Waals surface area contributed by atoms with E-state index in [1.165, 1.54) is 5.56 Å². The first-order chi connectivity index (χ1) is 10.3. The van der Waals surface area contributed by atoms with E-state index in [1.807, 2.05) is 48.5 Å². The highest BCUT2D eigenvalue weighted by atomic mass is 35.5. The molecule has 4 nitrogen and oxygen atoms in total. The van der Waals surface area contributed by atoms with Gasteiger partial charge in [-0.15, -0.1) is 24.8 Å². The second-order valence-corrected chi connectivity index (χ2v) is 4.82. The molecule has 126 valence electrons. The number of nitrogens with zero attached hydrogens (tertiary/aromatic N) is 1. The minimum Gasteiger partial charge on any atom is -0.358 e. The van der Waals surface area contributed by atoms with Crippen molar-refractivity contribution in [1.29, 1.82) is 0 Å². The lowest BCUT2D eigenvalue weighted by Gasteiger charge is -2.24. The predicted octanol–water partition coefficient (Wildman–Crippen LogP) is 2.61. The van der Waals surface area contributed by atoms with Crippen LogP contribution in [0.15, 0.2) is 60.7 Å². The number of benzene rings is 2. The molecule has 1 amide bonds. The second kappa shape index (κ2) is 11.8. The molecule has 0 spiro atoms. The number of hydrogen-bond donors (Lipinski definition) is 2. The summed E-state index contributed by atoms with van der Waals surface area (Å²) in [4.78, 5) is 14.0. The van der Waals surface area contributed by atoms with Crippen LogP contribution in [0.4, 0.5) is 5.69 Å². The van der Waals surface area contributed by atoms with Crippen LogP contribution in [0.1, 0.15) is 5.56 Å². The average Bonchev–Trinajstić information content (AvgIpc) is 2.54. The highest BCUT2D eigenvalue weighted by Gasteiger charge is 2.11. The molecule has 0 aliphatic heterocycles. The lowest BCUT2D eigenvalue weighted by Crippen LogP contribution is -2.38. The van der Waals surface area contributed by atoms with Gasteiger partial charge in [0.2, 0.25) is 5.91 Å². The molecule has 23 heavy (non-hydrogen) atoms. The van der Waals surface area contributed by atoms with Gasteiger partial charge in [0, 0.05) is 25.3 Å². The van der Waals surface area contributed by atoms with Crippen molar-refractivity contribution in [2.45, 2.75) is 6.54 Å². The number of nitrogens with one attached hydrogen (secondary N) is 1. The van der Waals surface area contributed by atoms with Crippen LogP contribution < -0.4 is 16.0 Å². The quantitative estimate of drug-likeness (QED) is 0.802. The van der Waals surface area contributed by atoms with E-state index in [2.05, 4.69) is 22.3 Å². The first-order valence-corrected chi connectivity index (χ1v) is 7.10. The fourth-order valence-corrected chi connectivity index (χ4v) is 2.12. The number of rotatable bonds is 7. The molecule has 2 aromatic rings. The van der Waals surface area contributed by atoms with Crippen LogP contribution in [-0.2, 0) is 11.3 Å². The van der Waals surface area contributed by atoms with Gasteiger partial charge in [-0.3, -0.25) is 4.79 Å². The molecule has 0 atom stereocenters. The Morgan fingerprint density at radius 2 is 1.52 bits per heavy atom. The van der Waals surface area contributed by atoms with Gasteiger partial charge in [-0.05, 0) is 17.7 Å². The van der Waals surface area contributed by atoms with Gasteiger partial charge in [0.05, 0.1) is 6.54 Å². The Morgan fingerprint density at radius 1 is 0.957 bits per heavy atom. The number of para-hydroxylation sites is 1. The molecule has 0 saturated carbocycles. The third kappa shape index (κ3) is 7.37. The van der Waals surface area contributed by atoms with Crippen molar-refractivity contribution in [3.8, 4) is 0 Å². The summed E-state index contributed by atoms with van der Waals surface area (Å²) in [6.07, 6.45) is 0. The molecule has 2 rings (SSSR count). The van der Waals surface area contributed by atoms with Gasteiger partial charge in [0.1, 0.15) is 0 Å². The Kier molecular flexibility index (Phi) is 10.9. The van der Waals surface area contributed by atoms with E-state index in [0.717, 1.165) is 5.69 Å². The maximum atomic E-state index is 12.0. The van der Waals surface area contributed by atoms with E-state index in [1.54, 1.807) is 0 Å². The maximum absolute atomic E-state index is 12.0. The third-order valence-electron chi connectivity index (χ3n) is 3.14. The molecule has 3 N–H and O–H groups in total. The first kappa shape index (κ1) is 21.2. The SMILES string of the molecule is Cl.Cl.NCCNC(=O)CN(Cc1ccccc1)c1ccccc1.